The molecule has 0 spiro atoms. The van der Waals surface area contributed by atoms with E-state index >= 15 is 0 Å². The molecular weight excluding hydrogens is 450 g/mol. The largest absolute Gasteiger partial charge is 0.487 e. The molecular formula is C31H35NO4. The first-order valence-electron chi connectivity index (χ1n) is 12.8. The molecule has 0 radical (unpaired) electrons. The van der Waals surface area contributed by atoms with E-state index in [1.165, 1.54) is 16.7 Å². The van der Waals surface area contributed by atoms with Crippen LogP contribution in [-0.2, 0) is 30.5 Å². The molecule has 1 aliphatic rings. The van der Waals surface area contributed by atoms with Gasteiger partial charge < -0.3 is 14.7 Å². The van der Waals surface area contributed by atoms with Crippen molar-refractivity contribution in [2.75, 3.05) is 13.1 Å². The molecule has 188 valence electrons. The minimum absolute atomic E-state index is 0.0694. The van der Waals surface area contributed by atoms with E-state index in [0.717, 1.165) is 43.4 Å². The van der Waals surface area contributed by atoms with Gasteiger partial charge in [-0.3, -0.25) is 9.59 Å². The Balaban J connectivity index is 1.43. The second-order valence-corrected chi connectivity index (χ2v) is 9.92. The lowest BCUT2D eigenvalue weighted by Gasteiger charge is -2.24. The van der Waals surface area contributed by atoms with Gasteiger partial charge in [-0.1, -0.05) is 61.5 Å². The van der Waals surface area contributed by atoms with Crippen LogP contribution in [-0.4, -0.2) is 40.6 Å². The van der Waals surface area contributed by atoms with Crippen LogP contribution in [0.5, 0.6) is 5.75 Å². The number of amides is 1. The van der Waals surface area contributed by atoms with Crippen LogP contribution in [0.25, 0.3) is 0 Å². The fourth-order valence-electron chi connectivity index (χ4n) is 4.92. The number of carbonyl (C=O) groups is 2. The summed E-state index contributed by atoms with van der Waals surface area (Å²) in [6.07, 6.45) is 4.08. The lowest BCUT2D eigenvalue weighted by Crippen LogP contribution is -2.34. The van der Waals surface area contributed by atoms with Gasteiger partial charge in [0, 0.05) is 31.5 Å². The molecule has 0 bridgehead atoms. The average Bonchev–Trinajstić information content (AvgIpc) is 3.21. The van der Waals surface area contributed by atoms with Gasteiger partial charge in [0.2, 0.25) is 0 Å². The van der Waals surface area contributed by atoms with Crippen LogP contribution in [0.15, 0.2) is 72.8 Å². The smallest absolute Gasteiger partial charge is 0.305 e. The summed E-state index contributed by atoms with van der Waals surface area (Å²) >= 11 is 0. The standard InChI is InChI=1S/C31H35NO4/c1-3-23-11-13-25(14-12-23)21-31(2)22-27-20-26(15-16-28(27)36-31)30(35)32(19-17-29(33)34)18-7-10-24-8-5-4-6-9-24/h4-6,8-9,11-16,20H,3,7,10,17-19,21-22H2,1-2H3,(H,33,34). The van der Waals surface area contributed by atoms with Crippen molar-refractivity contribution in [2.45, 2.75) is 58.0 Å². The molecule has 1 atom stereocenters. The first-order valence-corrected chi connectivity index (χ1v) is 12.8. The number of benzene rings is 3. The van der Waals surface area contributed by atoms with Crippen LogP contribution >= 0.6 is 0 Å². The molecule has 0 saturated heterocycles. The Labute approximate surface area is 213 Å². The van der Waals surface area contributed by atoms with Crippen LogP contribution in [0.3, 0.4) is 0 Å². The molecule has 0 aliphatic carbocycles. The van der Waals surface area contributed by atoms with Gasteiger partial charge in [0.15, 0.2) is 0 Å². The second kappa shape index (κ2) is 11.4. The third-order valence-corrected chi connectivity index (χ3v) is 6.86. The Kier molecular flexibility index (Phi) is 8.09. The summed E-state index contributed by atoms with van der Waals surface area (Å²) in [7, 11) is 0. The molecule has 3 aromatic carbocycles. The van der Waals surface area contributed by atoms with Gasteiger partial charge in [-0.15, -0.1) is 0 Å². The SMILES string of the molecule is CCc1ccc(CC2(C)Cc3cc(C(=O)N(CCCc4ccccc4)CCC(=O)O)ccc3O2)cc1. The van der Waals surface area contributed by atoms with Crippen molar-refractivity contribution < 1.29 is 19.4 Å². The van der Waals surface area contributed by atoms with Crippen molar-refractivity contribution in [2.24, 2.45) is 0 Å². The van der Waals surface area contributed by atoms with E-state index in [1.54, 1.807) is 11.0 Å². The summed E-state index contributed by atoms with van der Waals surface area (Å²) in [4.78, 5) is 26.3. The lowest BCUT2D eigenvalue weighted by molar-refractivity contribution is -0.137. The highest BCUT2D eigenvalue weighted by molar-refractivity contribution is 5.95. The Hall–Kier alpha value is -3.60. The number of aliphatic carboxylic acids is 1. The van der Waals surface area contributed by atoms with E-state index in [-0.39, 0.29) is 24.5 Å². The van der Waals surface area contributed by atoms with Crippen LogP contribution in [0.4, 0.5) is 0 Å². The van der Waals surface area contributed by atoms with Crippen molar-refractivity contribution in [3.8, 4) is 5.75 Å². The number of carboxylic acids is 1. The maximum atomic E-state index is 13.4. The highest BCUT2D eigenvalue weighted by atomic mass is 16.5. The fraction of sp³-hybridized carbons (Fsp3) is 0.355. The zero-order valence-corrected chi connectivity index (χ0v) is 21.2. The fourth-order valence-corrected chi connectivity index (χ4v) is 4.92. The number of fused-ring (bicyclic) bond motifs is 1. The van der Waals surface area contributed by atoms with E-state index in [0.29, 0.717) is 12.1 Å². The van der Waals surface area contributed by atoms with E-state index < -0.39 is 5.97 Å². The highest BCUT2D eigenvalue weighted by Gasteiger charge is 2.35. The van der Waals surface area contributed by atoms with Crippen molar-refractivity contribution in [3.05, 3.63) is 101 Å². The van der Waals surface area contributed by atoms with E-state index in [4.69, 9.17) is 4.74 Å². The Bertz CT molecular complexity index is 1190. The minimum atomic E-state index is -0.902. The third-order valence-electron chi connectivity index (χ3n) is 6.86. The Morgan fingerprint density at radius 3 is 2.36 bits per heavy atom. The van der Waals surface area contributed by atoms with Crippen molar-refractivity contribution in [1.29, 1.82) is 0 Å². The minimum Gasteiger partial charge on any atom is -0.487 e. The van der Waals surface area contributed by atoms with Gasteiger partial charge in [-0.05, 0) is 66.6 Å². The monoisotopic (exact) mass is 485 g/mol. The molecule has 5 nitrogen and oxygen atoms in total. The quantitative estimate of drug-likeness (QED) is 0.376. The molecule has 1 amide bonds. The first-order chi connectivity index (χ1) is 17.3. The van der Waals surface area contributed by atoms with Gasteiger partial charge in [0.1, 0.15) is 11.4 Å². The molecule has 1 N–H and O–H groups in total. The van der Waals surface area contributed by atoms with Crippen LogP contribution in [0, 0.1) is 0 Å². The number of carbonyl (C=O) groups excluding carboxylic acids is 1. The van der Waals surface area contributed by atoms with Gasteiger partial charge in [-0.25, -0.2) is 0 Å². The summed E-state index contributed by atoms with van der Waals surface area (Å²) in [5.74, 6) is -0.211. The predicted molar refractivity (Wildman–Crippen MR) is 142 cm³/mol. The molecule has 0 aromatic heterocycles. The van der Waals surface area contributed by atoms with E-state index in [9.17, 15) is 14.7 Å². The van der Waals surface area contributed by atoms with Crippen molar-refractivity contribution in [3.63, 3.8) is 0 Å². The average molecular weight is 486 g/mol. The summed E-state index contributed by atoms with van der Waals surface area (Å²) < 4.78 is 6.34. The second-order valence-electron chi connectivity index (χ2n) is 9.92. The number of nitrogens with zero attached hydrogens (tertiary/aromatic N) is 1. The number of carboxylic acid groups (broad SMARTS) is 1. The van der Waals surface area contributed by atoms with Crippen LogP contribution in [0.2, 0.25) is 0 Å². The Morgan fingerprint density at radius 1 is 0.944 bits per heavy atom. The molecule has 1 unspecified atom stereocenters. The van der Waals surface area contributed by atoms with E-state index in [1.807, 2.05) is 30.3 Å². The molecule has 0 saturated carbocycles. The zero-order chi connectivity index (χ0) is 25.5. The Morgan fingerprint density at radius 2 is 1.67 bits per heavy atom. The maximum Gasteiger partial charge on any atom is 0.305 e. The predicted octanol–water partition coefficient (Wildman–Crippen LogP) is 5.74. The molecule has 1 heterocycles. The van der Waals surface area contributed by atoms with Gasteiger partial charge >= 0.3 is 5.97 Å². The third kappa shape index (κ3) is 6.54. The normalized spacial score (nSPS) is 16.3. The number of rotatable bonds is 11. The molecule has 0 fully saturated rings. The van der Waals surface area contributed by atoms with Gasteiger partial charge in [-0.2, -0.15) is 0 Å². The number of hydrogen-bond donors (Lipinski definition) is 1. The summed E-state index contributed by atoms with van der Waals surface area (Å²) in [6.45, 7) is 4.98. The van der Waals surface area contributed by atoms with Gasteiger partial charge in [0.05, 0.1) is 6.42 Å². The molecule has 5 heteroatoms. The zero-order valence-electron chi connectivity index (χ0n) is 21.2. The topological polar surface area (TPSA) is 66.8 Å². The first kappa shape index (κ1) is 25.5. The summed E-state index contributed by atoms with van der Waals surface area (Å²) in [5, 5.41) is 9.20. The van der Waals surface area contributed by atoms with Crippen LogP contribution < -0.4 is 4.74 Å². The number of ether oxygens (including phenoxy) is 1. The molecule has 3 aromatic rings. The highest BCUT2D eigenvalue weighted by Crippen LogP contribution is 2.37. The number of hydrogen-bond acceptors (Lipinski definition) is 3. The van der Waals surface area contributed by atoms with Crippen LogP contribution in [0.1, 0.15) is 59.3 Å². The lowest BCUT2D eigenvalue weighted by atomic mass is 9.91. The van der Waals surface area contributed by atoms with Crippen molar-refractivity contribution >= 4 is 11.9 Å². The molecule has 36 heavy (non-hydrogen) atoms. The van der Waals surface area contributed by atoms with Crippen molar-refractivity contribution in [1.82, 2.24) is 4.90 Å². The molecule has 1 aliphatic heterocycles. The maximum absolute atomic E-state index is 13.4. The van der Waals surface area contributed by atoms with Gasteiger partial charge in [0.25, 0.3) is 5.91 Å². The van der Waals surface area contributed by atoms with E-state index in [2.05, 4.69) is 50.2 Å². The number of aryl methyl sites for hydroxylation is 2. The molecule has 4 rings (SSSR count). The summed E-state index contributed by atoms with van der Waals surface area (Å²) in [6, 6.07) is 24.4. The summed E-state index contributed by atoms with van der Waals surface area (Å²) in [5.41, 5.74) is 5.00.